The molecule has 0 atom stereocenters. The van der Waals surface area contributed by atoms with Gasteiger partial charge in [0.25, 0.3) is 5.91 Å². The molecule has 0 aliphatic carbocycles. The summed E-state index contributed by atoms with van der Waals surface area (Å²) in [5.74, 6) is 0.987. The lowest BCUT2D eigenvalue weighted by atomic mass is 10.1. The topological polar surface area (TPSA) is 94.6 Å². The first-order valence-corrected chi connectivity index (χ1v) is 11.1. The van der Waals surface area contributed by atoms with Crippen molar-refractivity contribution in [3.63, 3.8) is 0 Å². The summed E-state index contributed by atoms with van der Waals surface area (Å²) < 4.78 is 0. The molecule has 0 saturated carbocycles. The molecule has 2 aromatic carbocycles. The van der Waals surface area contributed by atoms with Crippen molar-refractivity contribution in [1.29, 1.82) is 0 Å². The van der Waals surface area contributed by atoms with Crippen molar-refractivity contribution < 1.29 is 9.59 Å². The van der Waals surface area contributed by atoms with E-state index in [0.717, 1.165) is 35.7 Å². The molecule has 2 aromatic rings. The second-order valence-electron chi connectivity index (χ2n) is 8.00. The van der Waals surface area contributed by atoms with Crippen molar-refractivity contribution in [1.82, 2.24) is 16.0 Å². The Morgan fingerprint density at radius 2 is 1.73 bits per heavy atom. The number of guanidine groups is 1. The molecule has 0 bridgehead atoms. The van der Waals surface area contributed by atoms with Gasteiger partial charge in [0.15, 0.2) is 5.96 Å². The largest absolute Gasteiger partial charge is 0.357 e. The average molecular weight is 566 g/mol. The van der Waals surface area contributed by atoms with Gasteiger partial charge in [0.05, 0.1) is 6.54 Å². The first-order chi connectivity index (χ1) is 15.4. The van der Waals surface area contributed by atoms with E-state index in [9.17, 15) is 9.59 Å². The standard InChI is InChI=1S/C25H35N5O2.HI/c1-5-27-25(28-13-12-19-8-6-10-21(15-19)24(32)26-4)29-17-20-9-7-11-22(16-20)30-23(31)14-18(2)3;/h6-11,15-16,18H,5,12-14,17H2,1-4H3,(H,26,32)(H,30,31)(H2,27,28,29);1H. The third-order valence-corrected chi connectivity index (χ3v) is 4.69. The molecule has 0 radical (unpaired) electrons. The number of hydrogen-bond acceptors (Lipinski definition) is 3. The maximum atomic E-state index is 12.0. The average Bonchev–Trinajstić information content (AvgIpc) is 2.76. The molecule has 7 nitrogen and oxygen atoms in total. The summed E-state index contributed by atoms with van der Waals surface area (Å²) in [6.45, 7) is 8.01. The van der Waals surface area contributed by atoms with Gasteiger partial charge in [0.2, 0.25) is 5.91 Å². The Labute approximate surface area is 214 Å². The molecule has 0 aliphatic rings. The Balaban J connectivity index is 0.00000544. The third kappa shape index (κ3) is 10.7. The van der Waals surface area contributed by atoms with Crippen molar-refractivity contribution in [2.45, 2.75) is 40.2 Å². The Bertz CT molecular complexity index is 931. The number of anilines is 1. The second kappa shape index (κ2) is 15.3. The van der Waals surface area contributed by atoms with Gasteiger partial charge in [-0.15, -0.1) is 24.0 Å². The highest BCUT2D eigenvalue weighted by atomic mass is 127. The predicted molar refractivity (Wildman–Crippen MR) is 146 cm³/mol. The summed E-state index contributed by atoms with van der Waals surface area (Å²) in [5.41, 5.74) is 3.55. The van der Waals surface area contributed by atoms with E-state index in [4.69, 9.17) is 0 Å². The fraction of sp³-hybridized carbons (Fsp3) is 0.400. The first-order valence-electron chi connectivity index (χ1n) is 11.1. The summed E-state index contributed by atoms with van der Waals surface area (Å²) >= 11 is 0. The number of benzene rings is 2. The molecule has 0 aromatic heterocycles. The zero-order valence-corrected chi connectivity index (χ0v) is 22.2. The number of carbonyl (C=O) groups is 2. The zero-order valence-electron chi connectivity index (χ0n) is 19.9. The SMILES string of the molecule is CCNC(=NCc1cccc(NC(=O)CC(C)C)c1)NCCc1cccc(C(=O)NC)c1.I. The lowest BCUT2D eigenvalue weighted by Gasteiger charge is -2.12. The molecule has 0 saturated heterocycles. The molecule has 8 heteroatoms. The molecular formula is C25H36IN5O2. The van der Waals surface area contributed by atoms with Crippen LogP contribution in [0.25, 0.3) is 0 Å². The van der Waals surface area contributed by atoms with E-state index in [2.05, 4.69) is 26.3 Å². The molecule has 0 spiro atoms. The van der Waals surface area contributed by atoms with Crippen LogP contribution in [0.15, 0.2) is 53.5 Å². The summed E-state index contributed by atoms with van der Waals surface area (Å²) in [5, 5.41) is 12.2. The number of carbonyl (C=O) groups excluding carboxylic acids is 2. The molecule has 2 amide bonds. The van der Waals surface area contributed by atoms with Gasteiger partial charge in [-0.25, -0.2) is 4.99 Å². The number of nitrogens with one attached hydrogen (secondary N) is 4. The zero-order chi connectivity index (χ0) is 23.3. The van der Waals surface area contributed by atoms with E-state index in [1.165, 1.54) is 0 Å². The van der Waals surface area contributed by atoms with E-state index < -0.39 is 0 Å². The molecule has 0 fully saturated rings. The lowest BCUT2D eigenvalue weighted by Crippen LogP contribution is -2.38. The molecule has 180 valence electrons. The van der Waals surface area contributed by atoms with Gasteiger partial charge in [0, 0.05) is 37.8 Å². The van der Waals surface area contributed by atoms with Gasteiger partial charge in [-0.3, -0.25) is 9.59 Å². The molecule has 2 rings (SSSR count). The Morgan fingerprint density at radius 1 is 1.00 bits per heavy atom. The van der Waals surface area contributed by atoms with Crippen LogP contribution in [-0.4, -0.2) is 37.9 Å². The van der Waals surface area contributed by atoms with Gasteiger partial charge in [-0.05, 0) is 54.7 Å². The van der Waals surface area contributed by atoms with Crippen LogP contribution in [0.4, 0.5) is 5.69 Å². The van der Waals surface area contributed by atoms with Crippen LogP contribution >= 0.6 is 24.0 Å². The minimum atomic E-state index is -0.0858. The number of halogens is 1. The van der Waals surface area contributed by atoms with E-state index in [1.807, 2.05) is 63.2 Å². The van der Waals surface area contributed by atoms with Gasteiger partial charge in [-0.1, -0.05) is 38.1 Å². The van der Waals surface area contributed by atoms with Gasteiger partial charge >= 0.3 is 0 Å². The minimum Gasteiger partial charge on any atom is -0.357 e. The third-order valence-electron chi connectivity index (χ3n) is 4.69. The van der Waals surface area contributed by atoms with Crippen LogP contribution in [0.1, 0.15) is 48.7 Å². The molecular weight excluding hydrogens is 529 g/mol. The van der Waals surface area contributed by atoms with Crippen LogP contribution < -0.4 is 21.3 Å². The number of amides is 2. The van der Waals surface area contributed by atoms with Crippen LogP contribution in [0.2, 0.25) is 0 Å². The van der Waals surface area contributed by atoms with Crippen molar-refractivity contribution in [3.8, 4) is 0 Å². The van der Waals surface area contributed by atoms with Crippen molar-refractivity contribution in [3.05, 3.63) is 65.2 Å². The van der Waals surface area contributed by atoms with E-state index in [-0.39, 0.29) is 35.8 Å². The monoisotopic (exact) mass is 565 g/mol. The van der Waals surface area contributed by atoms with Crippen LogP contribution in [0.5, 0.6) is 0 Å². The summed E-state index contributed by atoms with van der Waals surface area (Å²) in [6.07, 6.45) is 1.27. The molecule has 0 unspecified atom stereocenters. The maximum Gasteiger partial charge on any atom is 0.251 e. The van der Waals surface area contributed by atoms with E-state index in [0.29, 0.717) is 31.0 Å². The summed E-state index contributed by atoms with van der Waals surface area (Å²) in [6, 6.07) is 15.4. The number of aliphatic imine (C=N–C) groups is 1. The number of hydrogen-bond donors (Lipinski definition) is 4. The molecule has 0 aliphatic heterocycles. The number of rotatable bonds is 10. The van der Waals surface area contributed by atoms with Crippen molar-refractivity contribution in [2.75, 3.05) is 25.5 Å². The first kappa shape index (κ1) is 28.4. The van der Waals surface area contributed by atoms with Gasteiger partial charge in [-0.2, -0.15) is 0 Å². The van der Waals surface area contributed by atoms with Gasteiger partial charge in [0.1, 0.15) is 0 Å². The Hall–Kier alpha value is -2.62. The molecule has 4 N–H and O–H groups in total. The van der Waals surface area contributed by atoms with E-state index >= 15 is 0 Å². The summed E-state index contributed by atoms with van der Waals surface area (Å²) in [7, 11) is 1.63. The number of nitrogens with zero attached hydrogens (tertiary/aromatic N) is 1. The quantitative estimate of drug-likeness (QED) is 0.200. The Morgan fingerprint density at radius 3 is 2.42 bits per heavy atom. The predicted octanol–water partition coefficient (Wildman–Crippen LogP) is 3.95. The Kier molecular flexibility index (Phi) is 13.1. The lowest BCUT2D eigenvalue weighted by molar-refractivity contribution is -0.116. The second-order valence-corrected chi connectivity index (χ2v) is 8.00. The van der Waals surface area contributed by atoms with Crippen molar-refractivity contribution >= 4 is 47.4 Å². The fourth-order valence-electron chi connectivity index (χ4n) is 3.18. The maximum absolute atomic E-state index is 12.0. The van der Waals surface area contributed by atoms with Crippen LogP contribution in [0, 0.1) is 5.92 Å². The molecule has 0 heterocycles. The van der Waals surface area contributed by atoms with Crippen LogP contribution in [0.3, 0.4) is 0 Å². The summed E-state index contributed by atoms with van der Waals surface area (Å²) in [4.78, 5) is 28.5. The van der Waals surface area contributed by atoms with Gasteiger partial charge < -0.3 is 21.3 Å². The van der Waals surface area contributed by atoms with Crippen LogP contribution in [-0.2, 0) is 17.8 Å². The highest BCUT2D eigenvalue weighted by Crippen LogP contribution is 2.13. The smallest absolute Gasteiger partial charge is 0.251 e. The normalized spacial score (nSPS) is 10.9. The van der Waals surface area contributed by atoms with Crippen molar-refractivity contribution in [2.24, 2.45) is 10.9 Å². The molecule has 33 heavy (non-hydrogen) atoms. The minimum absolute atomic E-state index is 0. The highest BCUT2D eigenvalue weighted by molar-refractivity contribution is 14.0. The van der Waals surface area contributed by atoms with E-state index in [1.54, 1.807) is 13.1 Å². The fourth-order valence-corrected chi connectivity index (χ4v) is 3.18. The highest BCUT2D eigenvalue weighted by Gasteiger charge is 2.06.